The molecule has 0 nitrogen and oxygen atoms in total. The fraction of sp³-hybridized carbons (Fsp3) is 0.429. The van der Waals surface area contributed by atoms with Gasteiger partial charge in [0.25, 0.3) is 0 Å². The maximum absolute atomic E-state index is 2.18. The normalized spacial score (nSPS) is 8.62. The van der Waals surface area contributed by atoms with E-state index < -0.39 is 0 Å². The second-order valence-corrected chi connectivity index (χ2v) is 4.70. The lowest BCUT2D eigenvalue weighted by Crippen LogP contribution is -1.72. The first-order valence-corrected chi connectivity index (χ1v) is 7.63. The molecule has 2 heteroatoms. The molecule has 0 aliphatic heterocycles. The van der Waals surface area contributed by atoms with Crippen LogP contribution in [-0.4, -0.2) is 0 Å². The van der Waals surface area contributed by atoms with Crippen molar-refractivity contribution in [3.05, 3.63) is 34.0 Å². The average Bonchev–Trinajstić information content (AvgIpc) is 2.93. The largest absolute Gasteiger partial charge is 0.143 e. The molecule has 0 spiro atoms. The van der Waals surface area contributed by atoms with Crippen LogP contribution in [0.4, 0.5) is 0 Å². The predicted octanol–water partition coefficient (Wildman–Crippen LogP) is 6.15. The molecule has 90 valence electrons. The fourth-order valence-corrected chi connectivity index (χ4v) is 3.36. The van der Waals surface area contributed by atoms with Gasteiger partial charge in [-0.3, -0.25) is 0 Å². The Labute approximate surface area is 108 Å². The molecule has 0 unspecified atom stereocenters. The van der Waals surface area contributed by atoms with Crippen molar-refractivity contribution >= 4 is 22.7 Å². The Kier molecular flexibility index (Phi) is 8.22. The first-order valence-electron chi connectivity index (χ1n) is 5.87. The lowest BCUT2D eigenvalue weighted by molar-refractivity contribution is 1.50. The van der Waals surface area contributed by atoms with Gasteiger partial charge in [0.15, 0.2) is 0 Å². The van der Waals surface area contributed by atoms with Gasteiger partial charge in [-0.15, -0.1) is 22.7 Å². The van der Waals surface area contributed by atoms with Gasteiger partial charge in [-0.1, -0.05) is 27.7 Å². The molecule has 0 saturated heterocycles. The van der Waals surface area contributed by atoms with Gasteiger partial charge in [-0.05, 0) is 47.9 Å². The lowest BCUT2D eigenvalue weighted by Gasteiger charge is -1.96. The minimum absolute atomic E-state index is 1.39. The summed E-state index contributed by atoms with van der Waals surface area (Å²) in [5.74, 6) is 0. The second-order valence-electron chi connectivity index (χ2n) is 2.87. The zero-order chi connectivity index (χ0) is 12.6. The average molecular weight is 254 g/mol. The van der Waals surface area contributed by atoms with Crippen molar-refractivity contribution in [2.24, 2.45) is 0 Å². The van der Waals surface area contributed by atoms with Gasteiger partial charge in [-0.25, -0.2) is 0 Å². The summed E-state index contributed by atoms with van der Waals surface area (Å²) in [4.78, 5) is 2.87. The summed E-state index contributed by atoms with van der Waals surface area (Å²) in [6.45, 7) is 12.3. The van der Waals surface area contributed by atoms with Gasteiger partial charge >= 0.3 is 0 Å². The molecule has 2 rings (SSSR count). The van der Waals surface area contributed by atoms with E-state index >= 15 is 0 Å². The van der Waals surface area contributed by atoms with Crippen LogP contribution in [0.15, 0.2) is 22.9 Å². The second kappa shape index (κ2) is 8.54. The Morgan fingerprint density at radius 2 is 1.00 bits per heavy atom. The number of hydrogen-bond acceptors (Lipinski definition) is 2. The summed E-state index contributed by atoms with van der Waals surface area (Å²) >= 11 is 3.66. The number of aryl methyl sites for hydroxylation is 2. The van der Waals surface area contributed by atoms with Crippen LogP contribution in [0.25, 0.3) is 9.75 Å². The van der Waals surface area contributed by atoms with Gasteiger partial charge in [0.1, 0.15) is 0 Å². The third-order valence-corrected chi connectivity index (χ3v) is 4.13. The molecule has 2 aromatic rings. The van der Waals surface area contributed by atoms with Crippen molar-refractivity contribution in [3.8, 4) is 9.75 Å². The summed E-state index contributed by atoms with van der Waals surface area (Å²) in [6, 6.07) is 4.36. The van der Waals surface area contributed by atoms with E-state index in [0.717, 1.165) is 0 Å². The van der Waals surface area contributed by atoms with Crippen LogP contribution in [0.1, 0.15) is 38.8 Å². The van der Waals surface area contributed by atoms with Gasteiger partial charge in [0.05, 0.1) is 0 Å². The van der Waals surface area contributed by atoms with Gasteiger partial charge in [0.2, 0.25) is 0 Å². The molecule has 2 heterocycles. The number of thiophene rings is 2. The van der Waals surface area contributed by atoms with Crippen molar-refractivity contribution in [2.45, 2.75) is 41.5 Å². The van der Waals surface area contributed by atoms with Crippen molar-refractivity contribution in [1.82, 2.24) is 0 Å². The Bertz CT molecular complexity index is 345. The highest BCUT2D eigenvalue weighted by molar-refractivity contribution is 7.20. The monoisotopic (exact) mass is 254 g/mol. The molecule has 0 saturated carbocycles. The van der Waals surface area contributed by atoms with Gasteiger partial charge in [-0.2, -0.15) is 0 Å². The molecule has 0 bridgehead atoms. The topological polar surface area (TPSA) is 0 Å². The van der Waals surface area contributed by atoms with Crippen molar-refractivity contribution in [2.75, 3.05) is 0 Å². The van der Waals surface area contributed by atoms with Crippen LogP contribution < -0.4 is 0 Å². The van der Waals surface area contributed by atoms with E-state index in [-0.39, 0.29) is 0 Å². The SMILES string of the molecule is CC.CC.Cc1ccsc1-c1sccc1C. The van der Waals surface area contributed by atoms with E-state index in [1.807, 2.05) is 50.4 Å². The van der Waals surface area contributed by atoms with E-state index in [9.17, 15) is 0 Å². The molecule has 2 aromatic heterocycles. The van der Waals surface area contributed by atoms with E-state index in [1.165, 1.54) is 20.9 Å². The molecular formula is C14H22S2. The molecule has 0 amide bonds. The summed E-state index contributed by atoms with van der Waals surface area (Å²) in [7, 11) is 0. The summed E-state index contributed by atoms with van der Waals surface area (Å²) < 4.78 is 0. The molecule has 0 N–H and O–H groups in total. The van der Waals surface area contributed by atoms with Crippen LogP contribution in [0.5, 0.6) is 0 Å². The van der Waals surface area contributed by atoms with Gasteiger partial charge < -0.3 is 0 Å². The van der Waals surface area contributed by atoms with E-state index in [4.69, 9.17) is 0 Å². The summed E-state index contributed by atoms with van der Waals surface area (Å²) in [5, 5.41) is 4.31. The maximum Gasteiger partial charge on any atom is 0.0474 e. The first kappa shape index (κ1) is 15.4. The first-order chi connectivity index (χ1) is 7.79. The van der Waals surface area contributed by atoms with E-state index in [1.54, 1.807) is 0 Å². The standard InChI is InChI=1S/C10H10S2.2C2H6/c1-7-3-5-11-9(7)10-8(2)4-6-12-10;2*1-2/h3-6H,1-2H3;2*1-2H3. The predicted molar refractivity (Wildman–Crippen MR) is 79.8 cm³/mol. The minimum Gasteiger partial charge on any atom is -0.143 e. The molecule has 0 radical (unpaired) electrons. The Balaban J connectivity index is 0.000000509. The zero-order valence-corrected chi connectivity index (χ0v) is 12.8. The highest BCUT2D eigenvalue weighted by Crippen LogP contribution is 2.35. The molecule has 0 fully saturated rings. The number of hydrogen-bond donors (Lipinski definition) is 0. The third kappa shape index (κ3) is 3.76. The molecule has 0 atom stereocenters. The molecule has 16 heavy (non-hydrogen) atoms. The Hall–Kier alpha value is -0.600. The fourth-order valence-electron chi connectivity index (χ4n) is 1.21. The van der Waals surface area contributed by atoms with Crippen LogP contribution in [0, 0.1) is 13.8 Å². The summed E-state index contributed by atoms with van der Waals surface area (Å²) in [5.41, 5.74) is 2.79. The van der Waals surface area contributed by atoms with E-state index in [2.05, 4.69) is 36.7 Å². The zero-order valence-electron chi connectivity index (χ0n) is 11.1. The molecule has 0 aliphatic carbocycles. The van der Waals surface area contributed by atoms with Crippen LogP contribution >= 0.6 is 22.7 Å². The van der Waals surface area contributed by atoms with Gasteiger partial charge in [0, 0.05) is 9.75 Å². The minimum atomic E-state index is 1.39. The third-order valence-electron chi connectivity index (χ3n) is 1.93. The summed E-state index contributed by atoms with van der Waals surface area (Å²) in [6.07, 6.45) is 0. The van der Waals surface area contributed by atoms with Crippen molar-refractivity contribution in [1.29, 1.82) is 0 Å². The van der Waals surface area contributed by atoms with Crippen LogP contribution in [0.2, 0.25) is 0 Å². The quantitative estimate of drug-likeness (QED) is 0.573. The maximum atomic E-state index is 2.18. The molecular weight excluding hydrogens is 232 g/mol. The number of rotatable bonds is 1. The molecule has 0 aliphatic rings. The highest BCUT2D eigenvalue weighted by atomic mass is 32.1. The van der Waals surface area contributed by atoms with Crippen molar-refractivity contribution < 1.29 is 0 Å². The highest BCUT2D eigenvalue weighted by Gasteiger charge is 2.06. The smallest absolute Gasteiger partial charge is 0.0474 e. The van der Waals surface area contributed by atoms with E-state index in [0.29, 0.717) is 0 Å². The van der Waals surface area contributed by atoms with Crippen LogP contribution in [-0.2, 0) is 0 Å². The van der Waals surface area contributed by atoms with Crippen LogP contribution in [0.3, 0.4) is 0 Å². The Morgan fingerprint density at radius 1 is 0.688 bits per heavy atom. The Morgan fingerprint density at radius 3 is 1.19 bits per heavy atom. The van der Waals surface area contributed by atoms with Crippen molar-refractivity contribution in [3.63, 3.8) is 0 Å². The lowest BCUT2D eigenvalue weighted by atomic mass is 10.2. The molecule has 0 aromatic carbocycles.